The number of carbonyl (C=O) groups excluding carboxylic acids is 1. The third kappa shape index (κ3) is 7.20. The van der Waals surface area contributed by atoms with Gasteiger partial charge in [-0.3, -0.25) is 14.7 Å². The summed E-state index contributed by atoms with van der Waals surface area (Å²) < 4.78 is 0. The summed E-state index contributed by atoms with van der Waals surface area (Å²) in [5.41, 5.74) is 0. The Morgan fingerprint density at radius 3 is 2.36 bits per heavy atom. The van der Waals surface area contributed by atoms with Crippen molar-refractivity contribution in [2.45, 2.75) is 39.7 Å². The summed E-state index contributed by atoms with van der Waals surface area (Å²) in [5, 5.41) is 9.56. The van der Waals surface area contributed by atoms with Crippen LogP contribution in [0.4, 0.5) is 0 Å². The van der Waals surface area contributed by atoms with E-state index in [1.165, 1.54) is 0 Å². The second-order valence-corrected chi connectivity index (χ2v) is 7.03. The number of hydrogen-bond acceptors (Lipinski definition) is 4. The van der Waals surface area contributed by atoms with E-state index in [2.05, 4.69) is 46.5 Å². The zero-order valence-electron chi connectivity index (χ0n) is 16.2. The maximum absolute atomic E-state index is 11.6. The van der Waals surface area contributed by atoms with E-state index in [-0.39, 0.29) is 11.8 Å². The Morgan fingerprint density at radius 1 is 1.08 bits per heavy atom. The van der Waals surface area contributed by atoms with Crippen LogP contribution < -0.4 is 16.0 Å². The van der Waals surface area contributed by atoms with Gasteiger partial charge in [0.1, 0.15) is 0 Å². The first-order chi connectivity index (χ1) is 12.1. The molecule has 1 atom stereocenters. The Labute approximate surface area is 152 Å². The van der Waals surface area contributed by atoms with E-state index in [0.29, 0.717) is 19.1 Å². The van der Waals surface area contributed by atoms with E-state index in [4.69, 9.17) is 4.99 Å². The molecule has 1 amide bonds. The molecule has 2 aliphatic rings. The molecular formula is C18H36N6O. The molecule has 2 fully saturated rings. The molecule has 7 nitrogen and oxygen atoms in total. The molecular weight excluding hydrogens is 316 g/mol. The van der Waals surface area contributed by atoms with E-state index >= 15 is 0 Å². The minimum absolute atomic E-state index is 0.198. The standard InChI is InChI=1S/C18H36N6O/c1-4-19-18(21-9-8-20-17(25)16-6-7-16)22-14-15(3)24-12-10-23(5-2)11-13-24/h15-16H,4-14H2,1-3H3,(H,20,25)(H2,19,21,22). The molecule has 0 aromatic heterocycles. The molecule has 7 heteroatoms. The highest BCUT2D eigenvalue weighted by Crippen LogP contribution is 2.28. The summed E-state index contributed by atoms with van der Waals surface area (Å²) >= 11 is 0. The molecule has 2 rings (SSSR count). The maximum Gasteiger partial charge on any atom is 0.223 e. The van der Waals surface area contributed by atoms with E-state index in [9.17, 15) is 4.79 Å². The van der Waals surface area contributed by atoms with Gasteiger partial charge in [0.2, 0.25) is 5.91 Å². The van der Waals surface area contributed by atoms with Gasteiger partial charge in [-0.25, -0.2) is 0 Å². The molecule has 1 saturated heterocycles. The average Bonchev–Trinajstić information content (AvgIpc) is 3.48. The van der Waals surface area contributed by atoms with Gasteiger partial charge in [-0.2, -0.15) is 0 Å². The Bertz CT molecular complexity index is 429. The highest BCUT2D eigenvalue weighted by atomic mass is 16.2. The number of amides is 1. The van der Waals surface area contributed by atoms with Gasteiger partial charge in [-0.1, -0.05) is 6.92 Å². The Kier molecular flexibility index (Phi) is 8.48. The van der Waals surface area contributed by atoms with Gasteiger partial charge < -0.3 is 20.9 Å². The van der Waals surface area contributed by atoms with Crippen LogP contribution in [0.5, 0.6) is 0 Å². The van der Waals surface area contributed by atoms with Gasteiger partial charge in [0.25, 0.3) is 0 Å². The lowest BCUT2D eigenvalue weighted by Crippen LogP contribution is -2.50. The van der Waals surface area contributed by atoms with Gasteiger partial charge in [-0.05, 0) is 33.2 Å². The van der Waals surface area contributed by atoms with E-state index in [0.717, 1.165) is 64.6 Å². The first-order valence-corrected chi connectivity index (χ1v) is 9.90. The van der Waals surface area contributed by atoms with Crippen LogP contribution in [0.25, 0.3) is 0 Å². The van der Waals surface area contributed by atoms with Crippen molar-refractivity contribution in [3.63, 3.8) is 0 Å². The van der Waals surface area contributed by atoms with Crippen LogP contribution in [0.2, 0.25) is 0 Å². The van der Waals surface area contributed by atoms with Crippen molar-refractivity contribution >= 4 is 11.9 Å². The highest BCUT2D eigenvalue weighted by molar-refractivity contribution is 5.81. The molecule has 0 radical (unpaired) electrons. The fraction of sp³-hybridized carbons (Fsp3) is 0.889. The molecule has 3 N–H and O–H groups in total. The zero-order valence-corrected chi connectivity index (χ0v) is 16.2. The van der Waals surface area contributed by atoms with Gasteiger partial charge in [0.05, 0.1) is 6.54 Å². The normalized spacial score (nSPS) is 21.0. The zero-order chi connectivity index (χ0) is 18.1. The molecule has 144 valence electrons. The summed E-state index contributed by atoms with van der Waals surface area (Å²) in [6, 6.07) is 0.448. The predicted molar refractivity (Wildman–Crippen MR) is 103 cm³/mol. The second kappa shape index (κ2) is 10.6. The number of hydrogen-bond donors (Lipinski definition) is 3. The smallest absolute Gasteiger partial charge is 0.223 e. The van der Waals surface area contributed by atoms with Crippen molar-refractivity contribution in [1.82, 2.24) is 25.8 Å². The number of guanidine groups is 1. The van der Waals surface area contributed by atoms with Crippen LogP contribution in [-0.4, -0.2) is 86.6 Å². The predicted octanol–water partition coefficient (Wildman–Crippen LogP) is 0.0937. The number of likely N-dealkylation sites (N-methyl/N-ethyl adjacent to an activating group) is 1. The molecule has 1 saturated carbocycles. The molecule has 0 spiro atoms. The first kappa shape index (κ1) is 20.0. The number of nitrogens with one attached hydrogen (secondary N) is 3. The number of piperazine rings is 1. The molecule has 0 bridgehead atoms. The van der Waals surface area contributed by atoms with Gasteiger partial charge in [0, 0.05) is 57.8 Å². The summed E-state index contributed by atoms with van der Waals surface area (Å²) in [6.45, 7) is 15.2. The molecule has 0 aromatic carbocycles. The topological polar surface area (TPSA) is 72.0 Å². The Morgan fingerprint density at radius 2 is 1.76 bits per heavy atom. The maximum atomic E-state index is 11.6. The quantitative estimate of drug-likeness (QED) is 0.312. The van der Waals surface area contributed by atoms with Crippen molar-refractivity contribution in [1.29, 1.82) is 0 Å². The third-order valence-electron chi connectivity index (χ3n) is 5.00. The average molecular weight is 353 g/mol. The summed E-state index contributed by atoms with van der Waals surface area (Å²) in [6.07, 6.45) is 2.10. The van der Waals surface area contributed by atoms with Crippen molar-refractivity contribution in [3.05, 3.63) is 0 Å². The van der Waals surface area contributed by atoms with Crippen LogP contribution in [0.3, 0.4) is 0 Å². The molecule has 25 heavy (non-hydrogen) atoms. The van der Waals surface area contributed by atoms with Crippen molar-refractivity contribution in [2.75, 3.05) is 58.9 Å². The molecule has 1 unspecified atom stereocenters. The number of aliphatic imine (C=N–C) groups is 1. The van der Waals surface area contributed by atoms with E-state index < -0.39 is 0 Å². The molecule has 1 aliphatic heterocycles. The first-order valence-electron chi connectivity index (χ1n) is 9.90. The molecule has 0 aromatic rings. The number of carbonyl (C=O) groups is 1. The van der Waals surface area contributed by atoms with Gasteiger partial charge in [0.15, 0.2) is 5.96 Å². The summed E-state index contributed by atoms with van der Waals surface area (Å²) in [7, 11) is 0. The largest absolute Gasteiger partial charge is 0.357 e. The lowest BCUT2D eigenvalue weighted by atomic mass is 10.2. The monoisotopic (exact) mass is 352 g/mol. The van der Waals surface area contributed by atoms with Crippen molar-refractivity contribution < 1.29 is 4.79 Å². The van der Waals surface area contributed by atoms with Gasteiger partial charge >= 0.3 is 0 Å². The molecule has 1 aliphatic carbocycles. The second-order valence-electron chi connectivity index (χ2n) is 7.03. The minimum Gasteiger partial charge on any atom is -0.357 e. The highest BCUT2D eigenvalue weighted by Gasteiger charge is 2.29. The summed E-state index contributed by atoms with van der Waals surface area (Å²) in [5.74, 6) is 1.31. The Hall–Kier alpha value is -1.34. The fourth-order valence-corrected chi connectivity index (χ4v) is 3.06. The van der Waals surface area contributed by atoms with E-state index in [1.807, 2.05) is 0 Å². The van der Waals surface area contributed by atoms with Crippen LogP contribution in [0.15, 0.2) is 4.99 Å². The SMILES string of the molecule is CCNC(=NCC(C)N1CCN(CC)CC1)NCCNC(=O)C1CC1. The Balaban J connectivity index is 1.67. The minimum atomic E-state index is 0.198. The lowest BCUT2D eigenvalue weighted by molar-refractivity contribution is -0.122. The fourth-order valence-electron chi connectivity index (χ4n) is 3.06. The van der Waals surface area contributed by atoms with Crippen LogP contribution in [0, 0.1) is 5.92 Å². The number of nitrogens with zero attached hydrogens (tertiary/aromatic N) is 3. The van der Waals surface area contributed by atoms with E-state index in [1.54, 1.807) is 0 Å². The lowest BCUT2D eigenvalue weighted by Gasteiger charge is -2.37. The van der Waals surface area contributed by atoms with Crippen LogP contribution >= 0.6 is 0 Å². The van der Waals surface area contributed by atoms with Crippen LogP contribution in [-0.2, 0) is 4.79 Å². The van der Waals surface area contributed by atoms with Gasteiger partial charge in [-0.15, -0.1) is 0 Å². The van der Waals surface area contributed by atoms with Crippen molar-refractivity contribution in [2.24, 2.45) is 10.9 Å². The van der Waals surface area contributed by atoms with Crippen LogP contribution in [0.1, 0.15) is 33.6 Å². The van der Waals surface area contributed by atoms with Crippen molar-refractivity contribution in [3.8, 4) is 0 Å². The molecule has 1 heterocycles. The third-order valence-corrected chi connectivity index (χ3v) is 5.00. The summed E-state index contributed by atoms with van der Waals surface area (Å²) in [4.78, 5) is 21.4. The number of rotatable bonds is 9.